The maximum Gasteiger partial charge on any atom is 0.358 e. The summed E-state index contributed by atoms with van der Waals surface area (Å²) in [6.07, 6.45) is 5.28. The van der Waals surface area contributed by atoms with E-state index in [2.05, 4.69) is 15.3 Å². The lowest BCUT2D eigenvalue weighted by Crippen LogP contribution is -2.11. The topological polar surface area (TPSA) is 86.1 Å². The van der Waals surface area contributed by atoms with Crippen molar-refractivity contribution in [3.8, 4) is 0 Å². The van der Waals surface area contributed by atoms with E-state index in [1.807, 2.05) is 10.8 Å². The van der Waals surface area contributed by atoms with Gasteiger partial charge in [0.25, 0.3) is 0 Å². The molecule has 2 heterocycles. The van der Waals surface area contributed by atoms with Gasteiger partial charge in [-0.3, -0.25) is 4.79 Å². The predicted octanol–water partition coefficient (Wildman–Crippen LogP) is 1.83. The normalized spacial score (nSPS) is 10.4. The van der Waals surface area contributed by atoms with Crippen LogP contribution in [0.4, 0.5) is 5.13 Å². The first-order valence-corrected chi connectivity index (χ1v) is 7.32. The monoisotopic (exact) mass is 308 g/mol. The van der Waals surface area contributed by atoms with Crippen molar-refractivity contribution in [2.75, 3.05) is 18.5 Å². The first-order valence-electron chi connectivity index (χ1n) is 6.50. The molecule has 2 rings (SSSR count). The van der Waals surface area contributed by atoms with Gasteiger partial charge in [0.05, 0.1) is 12.9 Å². The first-order chi connectivity index (χ1) is 10.1. The smallest absolute Gasteiger partial charge is 0.358 e. The molecule has 7 nitrogen and oxygen atoms in total. The molecular weight excluding hydrogens is 292 g/mol. The molecule has 112 valence electrons. The largest absolute Gasteiger partial charge is 0.461 e. The molecule has 0 aliphatic heterocycles. The first kappa shape index (κ1) is 15.2. The molecule has 0 saturated carbocycles. The minimum absolute atomic E-state index is 0.0829. The number of ether oxygens (including phenoxy) is 1. The molecule has 0 bridgehead atoms. The van der Waals surface area contributed by atoms with E-state index < -0.39 is 5.97 Å². The second kappa shape index (κ2) is 6.98. The predicted molar refractivity (Wildman–Crippen MR) is 78.8 cm³/mol. The van der Waals surface area contributed by atoms with Crippen LogP contribution in [0.5, 0.6) is 0 Å². The summed E-state index contributed by atoms with van der Waals surface area (Å²) in [5.41, 5.74) is 0.0829. The summed E-state index contributed by atoms with van der Waals surface area (Å²) in [4.78, 5) is 31.8. The minimum Gasteiger partial charge on any atom is -0.461 e. The molecule has 0 saturated heterocycles. The molecule has 2 aromatic rings. The third-order valence-electron chi connectivity index (χ3n) is 2.62. The molecule has 0 spiro atoms. The standard InChI is InChI=1S/C13H16N4O3S/c1-3-20-12(19)10-11(9(2)18)21-13(16-10)15-5-7-17-6-4-14-8-17/h4,6,8H,3,5,7H2,1-2H3,(H,15,16). The minimum atomic E-state index is -0.568. The maximum absolute atomic E-state index is 11.8. The number of hydrogen-bond donors (Lipinski definition) is 1. The van der Waals surface area contributed by atoms with Crippen molar-refractivity contribution in [1.82, 2.24) is 14.5 Å². The quantitative estimate of drug-likeness (QED) is 0.620. The number of imidazole rings is 1. The number of anilines is 1. The zero-order chi connectivity index (χ0) is 15.2. The molecule has 8 heteroatoms. The summed E-state index contributed by atoms with van der Waals surface area (Å²) in [5, 5.41) is 3.63. The van der Waals surface area contributed by atoms with Crippen LogP contribution in [0, 0.1) is 0 Å². The summed E-state index contributed by atoms with van der Waals surface area (Å²) >= 11 is 1.16. The van der Waals surface area contributed by atoms with Crippen molar-refractivity contribution in [3.05, 3.63) is 29.3 Å². The molecule has 1 N–H and O–H groups in total. The Hall–Kier alpha value is -2.22. The Labute approximate surface area is 126 Å². The van der Waals surface area contributed by atoms with Crippen LogP contribution in [-0.4, -0.2) is 39.4 Å². The van der Waals surface area contributed by atoms with Gasteiger partial charge in [0.15, 0.2) is 16.6 Å². The fourth-order valence-electron chi connectivity index (χ4n) is 1.68. The summed E-state index contributed by atoms with van der Waals surface area (Å²) in [7, 11) is 0. The van der Waals surface area contributed by atoms with Gasteiger partial charge in [-0.2, -0.15) is 0 Å². The van der Waals surface area contributed by atoms with Crippen LogP contribution >= 0.6 is 11.3 Å². The second-order valence-electron chi connectivity index (χ2n) is 4.20. The number of carbonyl (C=O) groups excluding carboxylic acids is 2. The van der Waals surface area contributed by atoms with E-state index in [1.165, 1.54) is 6.92 Å². The lowest BCUT2D eigenvalue weighted by molar-refractivity contribution is 0.0517. The number of nitrogens with zero attached hydrogens (tertiary/aromatic N) is 3. The van der Waals surface area contributed by atoms with Crippen molar-refractivity contribution in [1.29, 1.82) is 0 Å². The number of Topliss-reactive ketones (excluding diaryl/α,β-unsaturated/α-hetero) is 1. The highest BCUT2D eigenvalue weighted by molar-refractivity contribution is 7.17. The molecule has 0 amide bonds. The summed E-state index contributed by atoms with van der Waals surface area (Å²) in [6.45, 7) is 4.69. The number of hydrogen-bond acceptors (Lipinski definition) is 7. The van der Waals surface area contributed by atoms with E-state index >= 15 is 0 Å². The van der Waals surface area contributed by atoms with Crippen molar-refractivity contribution >= 4 is 28.2 Å². The van der Waals surface area contributed by atoms with Gasteiger partial charge in [0, 0.05) is 32.4 Å². The van der Waals surface area contributed by atoms with Crippen LogP contribution in [0.2, 0.25) is 0 Å². The second-order valence-corrected chi connectivity index (χ2v) is 5.20. The van der Waals surface area contributed by atoms with E-state index in [4.69, 9.17) is 4.74 Å². The molecule has 0 atom stereocenters. The van der Waals surface area contributed by atoms with Gasteiger partial charge in [-0.05, 0) is 6.92 Å². The third kappa shape index (κ3) is 3.88. The number of aromatic nitrogens is 3. The Kier molecular flexibility index (Phi) is 5.04. The summed E-state index contributed by atoms with van der Waals surface area (Å²) in [5.74, 6) is -0.764. The third-order valence-corrected chi connectivity index (χ3v) is 3.74. The fraction of sp³-hybridized carbons (Fsp3) is 0.385. The lowest BCUT2D eigenvalue weighted by atomic mass is 10.3. The Balaban J connectivity index is 2.04. The highest BCUT2D eigenvalue weighted by Gasteiger charge is 2.22. The van der Waals surface area contributed by atoms with Gasteiger partial charge in [-0.1, -0.05) is 11.3 Å². The number of nitrogens with one attached hydrogen (secondary N) is 1. The summed E-state index contributed by atoms with van der Waals surface area (Å²) < 4.78 is 6.82. The fourth-order valence-corrected chi connectivity index (χ4v) is 2.56. The van der Waals surface area contributed by atoms with Crippen molar-refractivity contribution in [2.45, 2.75) is 20.4 Å². The maximum atomic E-state index is 11.8. The average Bonchev–Trinajstić information content (AvgIpc) is 3.08. The van der Waals surface area contributed by atoms with Crippen LogP contribution in [0.1, 0.15) is 34.0 Å². The molecule has 0 fully saturated rings. The Morgan fingerprint density at radius 2 is 2.29 bits per heavy atom. The molecule has 2 aromatic heterocycles. The van der Waals surface area contributed by atoms with E-state index in [-0.39, 0.29) is 18.1 Å². The summed E-state index contributed by atoms with van der Waals surface area (Å²) in [6, 6.07) is 0. The molecular formula is C13H16N4O3S. The number of ketones is 1. The molecule has 0 radical (unpaired) electrons. The van der Waals surface area contributed by atoms with Crippen LogP contribution in [0.3, 0.4) is 0 Å². The average molecular weight is 308 g/mol. The van der Waals surface area contributed by atoms with E-state index in [1.54, 1.807) is 19.4 Å². The van der Waals surface area contributed by atoms with Crippen molar-refractivity contribution in [2.24, 2.45) is 0 Å². The highest BCUT2D eigenvalue weighted by Crippen LogP contribution is 2.24. The van der Waals surface area contributed by atoms with E-state index in [9.17, 15) is 9.59 Å². The lowest BCUT2D eigenvalue weighted by Gasteiger charge is -2.02. The zero-order valence-corrected chi connectivity index (χ0v) is 12.6. The molecule has 0 aromatic carbocycles. The van der Waals surface area contributed by atoms with Gasteiger partial charge in [-0.15, -0.1) is 0 Å². The van der Waals surface area contributed by atoms with E-state index in [0.29, 0.717) is 23.1 Å². The van der Waals surface area contributed by atoms with Crippen LogP contribution in [-0.2, 0) is 11.3 Å². The number of carbonyl (C=O) groups is 2. The van der Waals surface area contributed by atoms with Gasteiger partial charge in [0.1, 0.15) is 4.88 Å². The molecule has 0 unspecified atom stereocenters. The number of esters is 1. The van der Waals surface area contributed by atoms with E-state index in [0.717, 1.165) is 11.3 Å². The van der Waals surface area contributed by atoms with Gasteiger partial charge in [-0.25, -0.2) is 14.8 Å². The van der Waals surface area contributed by atoms with Crippen LogP contribution in [0.25, 0.3) is 0 Å². The number of rotatable bonds is 7. The van der Waals surface area contributed by atoms with Gasteiger partial charge in [0.2, 0.25) is 0 Å². The Morgan fingerprint density at radius 3 is 2.90 bits per heavy atom. The highest BCUT2D eigenvalue weighted by atomic mass is 32.1. The zero-order valence-electron chi connectivity index (χ0n) is 11.8. The van der Waals surface area contributed by atoms with Gasteiger partial charge < -0.3 is 14.6 Å². The Bertz CT molecular complexity index is 621. The van der Waals surface area contributed by atoms with Crippen molar-refractivity contribution < 1.29 is 14.3 Å². The van der Waals surface area contributed by atoms with Crippen LogP contribution in [0.15, 0.2) is 18.7 Å². The number of thiazole rings is 1. The van der Waals surface area contributed by atoms with Gasteiger partial charge >= 0.3 is 5.97 Å². The Morgan fingerprint density at radius 1 is 1.48 bits per heavy atom. The van der Waals surface area contributed by atoms with Crippen LogP contribution < -0.4 is 5.32 Å². The SMILES string of the molecule is CCOC(=O)c1nc(NCCn2ccnc2)sc1C(C)=O. The molecule has 0 aliphatic carbocycles. The molecule has 21 heavy (non-hydrogen) atoms. The molecule has 0 aliphatic rings. The van der Waals surface area contributed by atoms with Crippen molar-refractivity contribution in [3.63, 3.8) is 0 Å².